The molecule has 1 saturated heterocycles. The van der Waals surface area contributed by atoms with Gasteiger partial charge in [-0.15, -0.1) is 0 Å². The van der Waals surface area contributed by atoms with Crippen LogP contribution in [0.25, 0.3) is 0 Å². The Labute approximate surface area is 90.5 Å². The van der Waals surface area contributed by atoms with Gasteiger partial charge in [-0.05, 0) is 25.8 Å². The van der Waals surface area contributed by atoms with Crippen molar-refractivity contribution < 1.29 is 14.6 Å². The Bertz CT molecular complexity index is 222. The lowest BCUT2D eigenvalue weighted by molar-refractivity contribution is -0.131. The van der Waals surface area contributed by atoms with Gasteiger partial charge < -0.3 is 14.7 Å². The Kier molecular flexibility index (Phi) is 5.36. The second-order valence-corrected chi connectivity index (χ2v) is 4.02. The summed E-state index contributed by atoms with van der Waals surface area (Å²) in [6.07, 6.45) is 5.11. The molecular formula is C11H19NO3. The molecule has 1 N–H and O–H groups in total. The zero-order valence-corrected chi connectivity index (χ0v) is 9.19. The SMILES string of the molecule is CN(CC=CC(=O)O)CC1CCOCC1. The van der Waals surface area contributed by atoms with Crippen LogP contribution in [0.15, 0.2) is 12.2 Å². The number of rotatable bonds is 5. The Morgan fingerprint density at radius 2 is 2.20 bits per heavy atom. The third-order valence-electron chi connectivity index (χ3n) is 2.59. The molecule has 15 heavy (non-hydrogen) atoms. The summed E-state index contributed by atoms with van der Waals surface area (Å²) in [5, 5.41) is 8.43. The minimum Gasteiger partial charge on any atom is -0.478 e. The molecule has 86 valence electrons. The second kappa shape index (κ2) is 6.58. The van der Waals surface area contributed by atoms with Gasteiger partial charge in [0.15, 0.2) is 0 Å². The third kappa shape index (κ3) is 5.54. The second-order valence-electron chi connectivity index (χ2n) is 4.02. The summed E-state index contributed by atoms with van der Waals surface area (Å²) < 4.78 is 5.28. The third-order valence-corrected chi connectivity index (χ3v) is 2.59. The van der Waals surface area contributed by atoms with E-state index in [0.29, 0.717) is 12.5 Å². The van der Waals surface area contributed by atoms with E-state index in [9.17, 15) is 4.79 Å². The van der Waals surface area contributed by atoms with Crippen LogP contribution in [-0.4, -0.2) is 49.3 Å². The highest BCUT2D eigenvalue weighted by Crippen LogP contribution is 2.15. The molecule has 0 atom stereocenters. The van der Waals surface area contributed by atoms with E-state index in [1.54, 1.807) is 6.08 Å². The number of carboxylic acids is 1. The predicted molar refractivity (Wildman–Crippen MR) is 57.8 cm³/mol. The molecule has 0 aliphatic carbocycles. The van der Waals surface area contributed by atoms with Gasteiger partial charge in [0.2, 0.25) is 0 Å². The van der Waals surface area contributed by atoms with Crippen LogP contribution in [0.3, 0.4) is 0 Å². The van der Waals surface area contributed by atoms with E-state index in [0.717, 1.165) is 32.6 Å². The van der Waals surface area contributed by atoms with E-state index in [4.69, 9.17) is 9.84 Å². The first-order valence-corrected chi connectivity index (χ1v) is 5.34. The van der Waals surface area contributed by atoms with Gasteiger partial charge in [-0.2, -0.15) is 0 Å². The molecule has 0 spiro atoms. The smallest absolute Gasteiger partial charge is 0.328 e. The average Bonchev–Trinajstić information content (AvgIpc) is 2.18. The molecule has 1 aliphatic rings. The molecule has 0 aromatic heterocycles. The van der Waals surface area contributed by atoms with Crippen molar-refractivity contribution >= 4 is 5.97 Å². The summed E-state index contributed by atoms with van der Waals surface area (Å²) in [5.74, 6) is -0.184. The van der Waals surface area contributed by atoms with Crippen LogP contribution >= 0.6 is 0 Å². The number of carbonyl (C=O) groups is 1. The van der Waals surface area contributed by atoms with E-state index in [-0.39, 0.29) is 0 Å². The Hall–Kier alpha value is -0.870. The van der Waals surface area contributed by atoms with Crippen LogP contribution in [0.4, 0.5) is 0 Å². The van der Waals surface area contributed by atoms with Gasteiger partial charge >= 0.3 is 5.97 Å². The summed E-state index contributed by atoms with van der Waals surface area (Å²) in [7, 11) is 2.02. The lowest BCUT2D eigenvalue weighted by Gasteiger charge is -2.26. The number of hydrogen-bond donors (Lipinski definition) is 1. The molecule has 0 unspecified atom stereocenters. The van der Waals surface area contributed by atoms with Gasteiger partial charge in [-0.25, -0.2) is 4.79 Å². The van der Waals surface area contributed by atoms with Gasteiger partial charge in [-0.3, -0.25) is 0 Å². The molecule has 0 saturated carbocycles. The van der Waals surface area contributed by atoms with Crippen molar-refractivity contribution in [2.45, 2.75) is 12.8 Å². The molecule has 1 heterocycles. The highest BCUT2D eigenvalue weighted by Gasteiger charge is 2.14. The average molecular weight is 213 g/mol. The fraction of sp³-hybridized carbons (Fsp3) is 0.727. The van der Waals surface area contributed by atoms with Crippen molar-refractivity contribution in [3.63, 3.8) is 0 Å². The quantitative estimate of drug-likeness (QED) is 0.692. The summed E-state index contributed by atoms with van der Waals surface area (Å²) in [5.41, 5.74) is 0. The Morgan fingerprint density at radius 3 is 2.80 bits per heavy atom. The molecule has 1 fully saturated rings. The van der Waals surface area contributed by atoms with Crippen LogP contribution in [0.5, 0.6) is 0 Å². The maximum atomic E-state index is 10.2. The molecule has 0 bridgehead atoms. The van der Waals surface area contributed by atoms with Crippen molar-refractivity contribution in [2.75, 3.05) is 33.4 Å². The summed E-state index contributed by atoms with van der Waals surface area (Å²) in [6, 6.07) is 0. The highest BCUT2D eigenvalue weighted by molar-refractivity contribution is 5.79. The minimum atomic E-state index is -0.880. The summed E-state index contributed by atoms with van der Waals surface area (Å²) in [6.45, 7) is 3.45. The topological polar surface area (TPSA) is 49.8 Å². The maximum absolute atomic E-state index is 10.2. The number of likely N-dealkylation sites (N-methyl/N-ethyl adjacent to an activating group) is 1. The molecule has 1 aliphatic heterocycles. The van der Waals surface area contributed by atoms with E-state index in [1.807, 2.05) is 7.05 Å². The number of carboxylic acid groups (broad SMARTS) is 1. The van der Waals surface area contributed by atoms with E-state index in [1.165, 1.54) is 6.08 Å². The Balaban J connectivity index is 2.16. The monoisotopic (exact) mass is 213 g/mol. The summed E-state index contributed by atoms with van der Waals surface area (Å²) in [4.78, 5) is 12.4. The highest BCUT2D eigenvalue weighted by atomic mass is 16.5. The lowest BCUT2D eigenvalue weighted by Crippen LogP contribution is -2.29. The summed E-state index contributed by atoms with van der Waals surface area (Å²) >= 11 is 0. The molecule has 0 amide bonds. The van der Waals surface area contributed by atoms with Crippen LogP contribution in [-0.2, 0) is 9.53 Å². The first-order chi connectivity index (χ1) is 7.18. The van der Waals surface area contributed by atoms with E-state index in [2.05, 4.69) is 4.90 Å². The standard InChI is InChI=1S/C11H19NO3/c1-12(6-2-3-11(13)14)9-10-4-7-15-8-5-10/h2-3,10H,4-9H2,1H3,(H,13,14). The molecule has 4 heteroatoms. The van der Waals surface area contributed by atoms with Crippen LogP contribution in [0, 0.1) is 5.92 Å². The molecule has 4 nitrogen and oxygen atoms in total. The predicted octanol–water partition coefficient (Wildman–Crippen LogP) is 0.986. The van der Waals surface area contributed by atoms with Gasteiger partial charge in [0.05, 0.1) is 0 Å². The van der Waals surface area contributed by atoms with Crippen molar-refractivity contribution in [3.8, 4) is 0 Å². The lowest BCUT2D eigenvalue weighted by atomic mass is 10.00. The van der Waals surface area contributed by atoms with Crippen molar-refractivity contribution in [3.05, 3.63) is 12.2 Å². The fourth-order valence-corrected chi connectivity index (χ4v) is 1.78. The largest absolute Gasteiger partial charge is 0.478 e. The van der Waals surface area contributed by atoms with Crippen LogP contribution in [0.1, 0.15) is 12.8 Å². The van der Waals surface area contributed by atoms with E-state index >= 15 is 0 Å². The zero-order chi connectivity index (χ0) is 11.1. The van der Waals surface area contributed by atoms with Crippen LogP contribution in [0.2, 0.25) is 0 Å². The number of aliphatic carboxylic acids is 1. The molecule has 0 radical (unpaired) electrons. The molecule has 0 aromatic rings. The fourth-order valence-electron chi connectivity index (χ4n) is 1.78. The Morgan fingerprint density at radius 1 is 1.53 bits per heavy atom. The van der Waals surface area contributed by atoms with Gasteiger partial charge in [0.1, 0.15) is 0 Å². The van der Waals surface area contributed by atoms with Gasteiger partial charge in [0.25, 0.3) is 0 Å². The minimum absolute atomic E-state index is 0.696. The first kappa shape index (κ1) is 12.2. The van der Waals surface area contributed by atoms with Crippen molar-refractivity contribution in [2.24, 2.45) is 5.92 Å². The first-order valence-electron chi connectivity index (χ1n) is 5.34. The van der Waals surface area contributed by atoms with Gasteiger partial charge in [-0.1, -0.05) is 6.08 Å². The van der Waals surface area contributed by atoms with Crippen molar-refractivity contribution in [1.82, 2.24) is 4.90 Å². The van der Waals surface area contributed by atoms with Crippen LogP contribution < -0.4 is 0 Å². The maximum Gasteiger partial charge on any atom is 0.328 e. The molecular weight excluding hydrogens is 194 g/mol. The number of hydrogen-bond acceptors (Lipinski definition) is 3. The molecule has 1 rings (SSSR count). The number of ether oxygens (including phenoxy) is 1. The normalized spacial score (nSPS) is 18.8. The van der Waals surface area contributed by atoms with Crippen molar-refractivity contribution in [1.29, 1.82) is 0 Å². The van der Waals surface area contributed by atoms with E-state index < -0.39 is 5.97 Å². The molecule has 0 aromatic carbocycles. The zero-order valence-electron chi connectivity index (χ0n) is 9.19. The number of nitrogens with zero attached hydrogens (tertiary/aromatic N) is 1. The van der Waals surface area contributed by atoms with Gasteiger partial charge in [0, 0.05) is 32.4 Å².